The number of pyridine rings is 1. The highest BCUT2D eigenvalue weighted by molar-refractivity contribution is 6.35. The van der Waals surface area contributed by atoms with Gasteiger partial charge in [-0.25, -0.2) is 0 Å². The van der Waals surface area contributed by atoms with Crippen molar-refractivity contribution < 1.29 is 14.4 Å². The average Bonchev–Trinajstić information content (AvgIpc) is 2.86. The summed E-state index contributed by atoms with van der Waals surface area (Å²) in [5, 5.41) is 5.02. The Kier molecular flexibility index (Phi) is 4.24. The van der Waals surface area contributed by atoms with E-state index in [0.717, 1.165) is 11.3 Å². The van der Waals surface area contributed by atoms with Gasteiger partial charge in [0.25, 0.3) is 5.91 Å². The number of fused-ring (bicyclic) bond motifs is 1. The van der Waals surface area contributed by atoms with E-state index in [-0.39, 0.29) is 12.5 Å². The van der Waals surface area contributed by atoms with Crippen LogP contribution < -0.4 is 15.5 Å². The SMILES string of the molecule is CN1C(=O)[C@H](NC(=O)C(=O)NCc2ccncc2)c2ccccc21. The molecule has 0 saturated heterocycles. The smallest absolute Gasteiger partial charge is 0.310 e. The Balaban J connectivity index is 1.64. The normalized spacial score (nSPS) is 15.8. The predicted molar refractivity (Wildman–Crippen MR) is 86.8 cm³/mol. The summed E-state index contributed by atoms with van der Waals surface area (Å²) in [6.45, 7) is 0.212. The van der Waals surface area contributed by atoms with Gasteiger partial charge in [0.2, 0.25) is 0 Å². The van der Waals surface area contributed by atoms with Gasteiger partial charge in [-0.1, -0.05) is 18.2 Å². The summed E-state index contributed by atoms with van der Waals surface area (Å²) in [5.41, 5.74) is 2.23. The van der Waals surface area contributed by atoms with Crippen molar-refractivity contribution in [3.05, 3.63) is 59.9 Å². The molecule has 2 heterocycles. The van der Waals surface area contributed by atoms with Crippen molar-refractivity contribution in [2.45, 2.75) is 12.6 Å². The van der Waals surface area contributed by atoms with Crippen LogP contribution >= 0.6 is 0 Å². The van der Waals surface area contributed by atoms with Gasteiger partial charge >= 0.3 is 11.8 Å². The lowest BCUT2D eigenvalue weighted by Gasteiger charge is -2.13. The fraction of sp³-hybridized carbons (Fsp3) is 0.176. The third kappa shape index (κ3) is 2.96. The van der Waals surface area contributed by atoms with Crippen molar-refractivity contribution >= 4 is 23.4 Å². The molecule has 0 bridgehead atoms. The number of hydrogen-bond donors (Lipinski definition) is 2. The van der Waals surface area contributed by atoms with Crippen LogP contribution in [0.25, 0.3) is 0 Å². The van der Waals surface area contributed by atoms with E-state index < -0.39 is 17.9 Å². The first-order valence-electron chi connectivity index (χ1n) is 7.42. The number of carbonyl (C=O) groups excluding carboxylic acids is 3. The van der Waals surface area contributed by atoms with Crippen LogP contribution in [-0.2, 0) is 20.9 Å². The average molecular weight is 324 g/mol. The predicted octanol–water partition coefficient (Wildman–Crippen LogP) is 0.532. The summed E-state index contributed by atoms with van der Waals surface area (Å²) in [4.78, 5) is 41.6. The molecule has 1 aromatic heterocycles. The largest absolute Gasteiger partial charge is 0.344 e. The summed E-state index contributed by atoms with van der Waals surface area (Å²) in [5.74, 6) is -1.90. The minimum atomic E-state index is -0.842. The second-order valence-corrected chi connectivity index (χ2v) is 5.40. The number of rotatable bonds is 3. The zero-order valence-electron chi connectivity index (χ0n) is 13.0. The molecule has 1 aliphatic rings. The monoisotopic (exact) mass is 324 g/mol. The lowest BCUT2D eigenvalue weighted by molar-refractivity contribution is -0.140. The number of anilines is 1. The number of carbonyl (C=O) groups is 3. The van der Waals surface area contributed by atoms with Gasteiger partial charge in [-0.15, -0.1) is 0 Å². The molecule has 0 aliphatic carbocycles. The second-order valence-electron chi connectivity index (χ2n) is 5.40. The fourth-order valence-corrected chi connectivity index (χ4v) is 2.58. The molecule has 1 aliphatic heterocycles. The van der Waals surface area contributed by atoms with Crippen LogP contribution in [0, 0.1) is 0 Å². The molecular weight excluding hydrogens is 308 g/mol. The van der Waals surface area contributed by atoms with E-state index in [1.54, 1.807) is 49.8 Å². The molecular formula is C17H16N4O3. The Bertz CT molecular complexity index is 791. The van der Waals surface area contributed by atoms with E-state index in [1.807, 2.05) is 6.07 Å². The van der Waals surface area contributed by atoms with Crippen molar-refractivity contribution in [1.29, 1.82) is 0 Å². The maximum Gasteiger partial charge on any atom is 0.310 e. The van der Waals surface area contributed by atoms with Crippen LogP contribution in [0.4, 0.5) is 5.69 Å². The minimum absolute atomic E-state index is 0.212. The van der Waals surface area contributed by atoms with Crippen LogP contribution in [0.15, 0.2) is 48.8 Å². The highest BCUT2D eigenvalue weighted by Crippen LogP contribution is 2.34. The summed E-state index contributed by atoms with van der Waals surface area (Å²) < 4.78 is 0. The van der Waals surface area contributed by atoms with Gasteiger partial charge < -0.3 is 15.5 Å². The van der Waals surface area contributed by atoms with E-state index >= 15 is 0 Å². The molecule has 2 N–H and O–H groups in total. The Labute approximate surface area is 138 Å². The van der Waals surface area contributed by atoms with Gasteiger partial charge in [-0.2, -0.15) is 0 Å². The maximum absolute atomic E-state index is 12.3. The molecule has 7 heteroatoms. The van der Waals surface area contributed by atoms with Gasteiger partial charge in [-0.3, -0.25) is 19.4 Å². The number of benzene rings is 1. The van der Waals surface area contributed by atoms with Gasteiger partial charge in [0.15, 0.2) is 0 Å². The molecule has 0 radical (unpaired) electrons. The molecule has 122 valence electrons. The first-order valence-corrected chi connectivity index (χ1v) is 7.42. The minimum Gasteiger partial charge on any atom is -0.344 e. The molecule has 3 rings (SSSR count). The van der Waals surface area contributed by atoms with E-state index in [0.29, 0.717) is 5.56 Å². The number of para-hydroxylation sites is 1. The van der Waals surface area contributed by atoms with Gasteiger partial charge in [0.05, 0.1) is 0 Å². The van der Waals surface area contributed by atoms with Crippen molar-refractivity contribution in [3.8, 4) is 0 Å². The lowest BCUT2D eigenvalue weighted by Crippen LogP contribution is -2.43. The van der Waals surface area contributed by atoms with Gasteiger partial charge in [0, 0.05) is 37.2 Å². The van der Waals surface area contributed by atoms with Crippen LogP contribution in [0.5, 0.6) is 0 Å². The molecule has 0 fully saturated rings. The van der Waals surface area contributed by atoms with E-state index in [9.17, 15) is 14.4 Å². The number of amides is 3. The fourth-order valence-electron chi connectivity index (χ4n) is 2.58. The van der Waals surface area contributed by atoms with E-state index in [2.05, 4.69) is 15.6 Å². The first kappa shape index (κ1) is 15.7. The van der Waals surface area contributed by atoms with Crippen LogP contribution in [0.3, 0.4) is 0 Å². The molecule has 24 heavy (non-hydrogen) atoms. The molecule has 2 aromatic rings. The summed E-state index contributed by atoms with van der Waals surface area (Å²) >= 11 is 0. The number of nitrogens with zero attached hydrogens (tertiary/aromatic N) is 2. The highest BCUT2D eigenvalue weighted by atomic mass is 16.2. The Morgan fingerprint density at radius 2 is 1.83 bits per heavy atom. The molecule has 3 amide bonds. The van der Waals surface area contributed by atoms with Crippen LogP contribution in [0.1, 0.15) is 17.2 Å². The summed E-state index contributed by atoms with van der Waals surface area (Å²) in [6, 6.07) is 9.79. The zero-order chi connectivity index (χ0) is 17.1. The number of aromatic nitrogens is 1. The third-order valence-electron chi connectivity index (χ3n) is 3.87. The van der Waals surface area contributed by atoms with Crippen molar-refractivity contribution in [2.75, 3.05) is 11.9 Å². The summed E-state index contributed by atoms with van der Waals surface area (Å²) in [6.07, 6.45) is 3.21. The van der Waals surface area contributed by atoms with Crippen LogP contribution in [0.2, 0.25) is 0 Å². The molecule has 7 nitrogen and oxygen atoms in total. The standard InChI is InChI=1S/C17H16N4O3/c1-21-13-5-3-2-4-12(13)14(17(21)24)20-16(23)15(22)19-10-11-6-8-18-9-7-11/h2-9,14H,10H2,1H3,(H,19,22)(H,20,23)/t14-/m1/s1. The van der Waals surface area contributed by atoms with Crippen molar-refractivity contribution in [2.24, 2.45) is 0 Å². The number of nitrogens with one attached hydrogen (secondary N) is 2. The highest BCUT2D eigenvalue weighted by Gasteiger charge is 2.36. The zero-order valence-corrected chi connectivity index (χ0v) is 13.0. The third-order valence-corrected chi connectivity index (χ3v) is 3.87. The molecule has 0 saturated carbocycles. The Morgan fingerprint density at radius 1 is 1.12 bits per heavy atom. The number of likely N-dealkylation sites (N-methyl/N-ethyl adjacent to an activating group) is 1. The topological polar surface area (TPSA) is 91.4 Å². The van der Waals surface area contributed by atoms with E-state index in [1.165, 1.54) is 4.90 Å². The Hall–Kier alpha value is -3.22. The molecule has 0 spiro atoms. The van der Waals surface area contributed by atoms with E-state index in [4.69, 9.17) is 0 Å². The molecule has 0 unspecified atom stereocenters. The van der Waals surface area contributed by atoms with Gasteiger partial charge in [0.1, 0.15) is 6.04 Å². The molecule has 1 atom stereocenters. The molecule has 1 aromatic carbocycles. The first-order chi connectivity index (χ1) is 11.6. The quantitative estimate of drug-likeness (QED) is 0.806. The van der Waals surface area contributed by atoms with Crippen molar-refractivity contribution in [1.82, 2.24) is 15.6 Å². The summed E-state index contributed by atoms with van der Waals surface area (Å²) in [7, 11) is 1.64. The second kappa shape index (κ2) is 6.49. The van der Waals surface area contributed by atoms with Gasteiger partial charge in [-0.05, 0) is 23.8 Å². The Morgan fingerprint density at radius 3 is 2.58 bits per heavy atom. The lowest BCUT2D eigenvalue weighted by atomic mass is 10.1. The maximum atomic E-state index is 12.3. The number of hydrogen-bond acceptors (Lipinski definition) is 4. The van der Waals surface area contributed by atoms with Crippen molar-refractivity contribution in [3.63, 3.8) is 0 Å². The van der Waals surface area contributed by atoms with Crippen LogP contribution in [-0.4, -0.2) is 29.8 Å².